The van der Waals surface area contributed by atoms with E-state index >= 15 is 0 Å². The first-order valence-corrected chi connectivity index (χ1v) is 10.4. The van der Waals surface area contributed by atoms with Crippen LogP contribution in [0.25, 0.3) is 17.0 Å². The third-order valence-electron chi connectivity index (χ3n) is 5.57. The standard InChI is InChI=1S/C25H27N3O4/c1-15-12-19(17(3)28(15)10-11-31-5)13-20(14-26)25(30)32-18(4)24(29)23-16(2)27-22-9-7-6-8-21(22)23/h6-9,12-13,18,27H,10-11H2,1-5H3/b20-13-. The van der Waals surface area contributed by atoms with Gasteiger partial charge in [0, 0.05) is 47.2 Å². The quantitative estimate of drug-likeness (QED) is 0.248. The molecule has 0 saturated heterocycles. The summed E-state index contributed by atoms with van der Waals surface area (Å²) < 4.78 is 12.6. The number of hydrogen-bond acceptors (Lipinski definition) is 5. The summed E-state index contributed by atoms with van der Waals surface area (Å²) in [5.74, 6) is -1.14. The van der Waals surface area contributed by atoms with Crippen molar-refractivity contribution in [2.45, 2.75) is 40.3 Å². The molecule has 2 heterocycles. The molecule has 3 aromatic rings. The Labute approximate surface area is 187 Å². The Hall–Kier alpha value is -3.63. The Balaban J connectivity index is 1.81. The first kappa shape index (κ1) is 23.0. The van der Waals surface area contributed by atoms with Crippen LogP contribution in [0.15, 0.2) is 35.9 Å². The third-order valence-corrected chi connectivity index (χ3v) is 5.57. The van der Waals surface area contributed by atoms with E-state index in [1.54, 1.807) is 7.11 Å². The summed E-state index contributed by atoms with van der Waals surface area (Å²) in [6, 6.07) is 11.3. The number of carbonyl (C=O) groups is 2. The van der Waals surface area contributed by atoms with Gasteiger partial charge in [0.1, 0.15) is 11.6 Å². The number of nitriles is 1. The van der Waals surface area contributed by atoms with E-state index in [1.807, 2.05) is 57.2 Å². The fourth-order valence-electron chi connectivity index (χ4n) is 3.87. The maximum atomic E-state index is 13.0. The molecular formula is C25H27N3O4. The molecule has 0 saturated carbocycles. The van der Waals surface area contributed by atoms with Gasteiger partial charge < -0.3 is 19.0 Å². The minimum absolute atomic E-state index is 0.160. The van der Waals surface area contributed by atoms with Crippen molar-refractivity contribution in [3.8, 4) is 6.07 Å². The van der Waals surface area contributed by atoms with E-state index in [9.17, 15) is 14.9 Å². The van der Waals surface area contributed by atoms with Gasteiger partial charge in [-0.05, 0) is 51.5 Å². The lowest BCUT2D eigenvalue weighted by molar-refractivity contribution is -0.141. The zero-order valence-electron chi connectivity index (χ0n) is 19.0. The first-order valence-electron chi connectivity index (χ1n) is 10.4. The Morgan fingerprint density at radius 2 is 1.97 bits per heavy atom. The molecular weight excluding hydrogens is 406 g/mol. The average Bonchev–Trinajstić information content (AvgIpc) is 3.24. The highest BCUT2D eigenvalue weighted by molar-refractivity contribution is 6.12. The summed E-state index contributed by atoms with van der Waals surface area (Å²) in [6.45, 7) is 8.42. The topological polar surface area (TPSA) is 97.1 Å². The zero-order valence-corrected chi connectivity index (χ0v) is 19.0. The van der Waals surface area contributed by atoms with Crippen LogP contribution in [0.1, 0.15) is 39.9 Å². The Morgan fingerprint density at radius 3 is 2.66 bits per heavy atom. The molecule has 0 bridgehead atoms. The number of aryl methyl sites for hydroxylation is 2. The van der Waals surface area contributed by atoms with Gasteiger partial charge in [-0.25, -0.2) is 4.79 Å². The minimum atomic E-state index is -1.04. The van der Waals surface area contributed by atoms with Crippen LogP contribution in [0.2, 0.25) is 0 Å². The molecule has 1 N–H and O–H groups in total. The highest BCUT2D eigenvalue weighted by atomic mass is 16.5. The van der Waals surface area contributed by atoms with E-state index in [2.05, 4.69) is 9.55 Å². The summed E-state index contributed by atoms with van der Waals surface area (Å²) in [4.78, 5) is 28.9. The molecule has 2 aromatic heterocycles. The van der Waals surface area contributed by atoms with Crippen LogP contribution >= 0.6 is 0 Å². The van der Waals surface area contributed by atoms with E-state index in [0.717, 1.165) is 27.9 Å². The van der Waals surface area contributed by atoms with Crippen LogP contribution in [0.4, 0.5) is 0 Å². The van der Waals surface area contributed by atoms with Crippen LogP contribution in [0.3, 0.4) is 0 Å². The largest absolute Gasteiger partial charge is 0.450 e. The van der Waals surface area contributed by atoms with E-state index < -0.39 is 12.1 Å². The fourth-order valence-corrected chi connectivity index (χ4v) is 3.87. The van der Waals surface area contributed by atoms with Crippen molar-refractivity contribution in [1.29, 1.82) is 5.26 Å². The normalized spacial score (nSPS) is 12.6. The van der Waals surface area contributed by atoms with Gasteiger partial charge in [-0.2, -0.15) is 5.26 Å². The SMILES string of the molecule is COCCn1c(C)cc(/C=C(/C#N)C(=O)OC(C)C(=O)c2c(C)[nH]c3ccccc23)c1C. The molecule has 0 aliphatic rings. The predicted octanol–water partition coefficient (Wildman–Crippen LogP) is 4.26. The lowest BCUT2D eigenvalue weighted by atomic mass is 10.0. The molecule has 1 atom stereocenters. The Morgan fingerprint density at radius 1 is 1.25 bits per heavy atom. The molecule has 0 aliphatic carbocycles. The highest BCUT2D eigenvalue weighted by Crippen LogP contribution is 2.24. The Kier molecular flexibility index (Phi) is 6.96. The van der Waals surface area contributed by atoms with Gasteiger partial charge >= 0.3 is 5.97 Å². The number of rotatable bonds is 8. The molecule has 0 aliphatic heterocycles. The number of H-pyrrole nitrogens is 1. The molecule has 166 valence electrons. The van der Waals surface area contributed by atoms with Gasteiger partial charge in [0.25, 0.3) is 0 Å². The maximum Gasteiger partial charge on any atom is 0.349 e. The van der Waals surface area contributed by atoms with E-state index in [4.69, 9.17) is 9.47 Å². The Bertz CT molecular complexity index is 1240. The molecule has 7 heteroatoms. The van der Waals surface area contributed by atoms with Crippen LogP contribution in [-0.4, -0.2) is 41.1 Å². The molecule has 0 amide bonds. The monoisotopic (exact) mass is 433 g/mol. The lowest BCUT2D eigenvalue weighted by Crippen LogP contribution is -2.25. The second-order valence-electron chi connectivity index (χ2n) is 7.72. The third kappa shape index (κ3) is 4.51. The van der Waals surface area contributed by atoms with Crippen molar-refractivity contribution in [2.75, 3.05) is 13.7 Å². The first-order chi connectivity index (χ1) is 15.3. The predicted molar refractivity (Wildman–Crippen MR) is 122 cm³/mol. The number of ether oxygens (including phenoxy) is 2. The number of ketones is 1. The summed E-state index contributed by atoms with van der Waals surface area (Å²) in [6.07, 6.45) is 0.466. The van der Waals surface area contributed by atoms with E-state index in [-0.39, 0.29) is 11.4 Å². The summed E-state index contributed by atoms with van der Waals surface area (Å²) >= 11 is 0. The van der Waals surface area contributed by atoms with E-state index in [1.165, 1.54) is 13.0 Å². The molecule has 1 aromatic carbocycles. The number of aromatic nitrogens is 2. The highest BCUT2D eigenvalue weighted by Gasteiger charge is 2.26. The van der Waals surface area contributed by atoms with Gasteiger partial charge in [0.15, 0.2) is 6.10 Å². The van der Waals surface area contributed by atoms with Gasteiger partial charge in [-0.1, -0.05) is 18.2 Å². The number of carbonyl (C=O) groups excluding carboxylic acids is 2. The molecule has 0 radical (unpaired) electrons. The number of esters is 1. The van der Waals surface area contributed by atoms with Crippen LogP contribution < -0.4 is 0 Å². The number of aromatic amines is 1. The molecule has 1 unspecified atom stereocenters. The number of Topliss-reactive ketones (excluding diaryl/α,β-unsaturated/α-hetero) is 1. The smallest absolute Gasteiger partial charge is 0.349 e. The molecule has 32 heavy (non-hydrogen) atoms. The van der Waals surface area contributed by atoms with Crippen molar-refractivity contribution in [1.82, 2.24) is 9.55 Å². The second-order valence-corrected chi connectivity index (χ2v) is 7.72. The van der Waals surface area contributed by atoms with Gasteiger partial charge in [-0.3, -0.25) is 4.79 Å². The maximum absolute atomic E-state index is 13.0. The molecule has 0 fully saturated rings. The number of methoxy groups -OCH3 is 1. The number of para-hydroxylation sites is 1. The second kappa shape index (κ2) is 9.67. The zero-order chi connectivity index (χ0) is 23.4. The number of hydrogen-bond donors (Lipinski definition) is 1. The number of nitrogens with one attached hydrogen (secondary N) is 1. The molecule has 3 rings (SSSR count). The number of benzene rings is 1. The summed E-state index contributed by atoms with van der Waals surface area (Å²) in [7, 11) is 1.64. The number of fused-ring (bicyclic) bond motifs is 1. The number of nitrogens with zero attached hydrogens (tertiary/aromatic N) is 2. The molecule has 0 spiro atoms. The van der Waals surface area contributed by atoms with E-state index in [0.29, 0.717) is 24.4 Å². The van der Waals surface area contributed by atoms with Crippen LogP contribution in [-0.2, 0) is 20.8 Å². The van der Waals surface area contributed by atoms with Crippen molar-refractivity contribution in [3.63, 3.8) is 0 Å². The minimum Gasteiger partial charge on any atom is -0.450 e. The van der Waals surface area contributed by atoms with Crippen LogP contribution in [0, 0.1) is 32.1 Å². The van der Waals surface area contributed by atoms with Gasteiger partial charge in [-0.15, -0.1) is 0 Å². The fraction of sp³-hybridized carbons (Fsp3) is 0.320. The average molecular weight is 434 g/mol. The van der Waals surface area contributed by atoms with Gasteiger partial charge in [0.2, 0.25) is 5.78 Å². The van der Waals surface area contributed by atoms with Gasteiger partial charge in [0.05, 0.1) is 6.61 Å². The lowest BCUT2D eigenvalue weighted by Gasteiger charge is -2.12. The van der Waals surface area contributed by atoms with Crippen molar-refractivity contribution in [2.24, 2.45) is 0 Å². The summed E-state index contributed by atoms with van der Waals surface area (Å²) in [5.41, 5.74) is 4.54. The van der Waals surface area contributed by atoms with Crippen molar-refractivity contribution >= 4 is 28.7 Å². The van der Waals surface area contributed by atoms with Crippen molar-refractivity contribution < 1.29 is 19.1 Å². The van der Waals surface area contributed by atoms with Crippen LogP contribution in [0.5, 0.6) is 0 Å². The molecule has 7 nitrogen and oxygen atoms in total. The van der Waals surface area contributed by atoms with Crippen molar-refractivity contribution in [3.05, 3.63) is 64.1 Å². The summed E-state index contributed by atoms with van der Waals surface area (Å²) in [5, 5.41) is 10.3.